The molecule has 0 spiro atoms. The number of hydrogen-bond donors (Lipinski definition) is 1. The highest BCUT2D eigenvalue weighted by Gasteiger charge is 2.60. The van der Waals surface area contributed by atoms with Crippen molar-refractivity contribution in [3.05, 3.63) is 11.6 Å². The Morgan fingerprint density at radius 3 is 2.50 bits per heavy atom. The number of esters is 1. The average Bonchev–Trinajstić information content (AvgIpc) is 3.24. The summed E-state index contributed by atoms with van der Waals surface area (Å²) in [6, 6.07) is 0. The third-order valence-corrected chi connectivity index (χ3v) is 10.1. The van der Waals surface area contributed by atoms with Gasteiger partial charge < -0.3 is 9.47 Å². The molecule has 4 nitrogen and oxygen atoms in total. The molecule has 5 aliphatic rings. The number of rotatable bonds is 2. The molecule has 4 fully saturated rings. The third kappa shape index (κ3) is 3.32. The molecular formula is C25H38ClNO3. The fourth-order valence-electron chi connectivity index (χ4n) is 8.78. The van der Waals surface area contributed by atoms with Gasteiger partial charge in [-0.15, -0.1) is 12.4 Å². The number of carbonyl (C=O) groups is 1. The minimum atomic E-state index is -0.115. The molecule has 0 aromatic heterocycles. The first-order valence-corrected chi connectivity index (χ1v) is 11.9. The zero-order valence-corrected chi connectivity index (χ0v) is 19.6. The van der Waals surface area contributed by atoms with Crippen LogP contribution < -0.4 is 0 Å². The number of ether oxygens (including phenoxy) is 2. The number of fused-ring (bicyclic) bond motifs is 5. The highest BCUT2D eigenvalue weighted by Crippen LogP contribution is 2.68. The second kappa shape index (κ2) is 7.83. The van der Waals surface area contributed by atoms with Crippen molar-refractivity contribution >= 4 is 24.3 Å². The molecule has 5 heteroatoms. The van der Waals surface area contributed by atoms with Crippen LogP contribution in [0.3, 0.4) is 0 Å². The van der Waals surface area contributed by atoms with Crippen LogP contribution in [0, 0.1) is 45.8 Å². The molecular weight excluding hydrogens is 398 g/mol. The van der Waals surface area contributed by atoms with Crippen LogP contribution in [0.25, 0.3) is 0 Å². The standard InChI is InChI=1S/C25H37NO3.ClH/c1-15(27)29-18-8-10-24(2)17(13-18)4-5-19-21-7-6-20(16-12-23(26)28-14-16)25(21,3)11-9-22(19)24;/h12,17-22,26H,4-11,13-14H2,1-3H3;1H. The zero-order valence-electron chi connectivity index (χ0n) is 18.7. The first-order chi connectivity index (χ1) is 13.8. The van der Waals surface area contributed by atoms with Gasteiger partial charge >= 0.3 is 5.97 Å². The lowest BCUT2D eigenvalue weighted by Gasteiger charge is -2.61. The van der Waals surface area contributed by atoms with Gasteiger partial charge in [0.1, 0.15) is 12.7 Å². The van der Waals surface area contributed by atoms with E-state index in [0.29, 0.717) is 29.3 Å². The third-order valence-electron chi connectivity index (χ3n) is 10.1. The van der Waals surface area contributed by atoms with E-state index in [1.807, 2.05) is 6.08 Å². The molecule has 4 saturated carbocycles. The smallest absolute Gasteiger partial charge is 0.302 e. The van der Waals surface area contributed by atoms with Gasteiger partial charge in [-0.25, -0.2) is 0 Å². The van der Waals surface area contributed by atoms with E-state index in [-0.39, 0.29) is 24.5 Å². The molecule has 8 unspecified atom stereocenters. The number of carbonyl (C=O) groups excluding carboxylic acids is 1. The molecule has 0 amide bonds. The topological polar surface area (TPSA) is 59.4 Å². The van der Waals surface area contributed by atoms with E-state index in [4.69, 9.17) is 14.9 Å². The summed E-state index contributed by atoms with van der Waals surface area (Å²) in [5, 5.41) is 7.84. The molecule has 4 aliphatic carbocycles. The minimum Gasteiger partial charge on any atom is -0.474 e. The van der Waals surface area contributed by atoms with Gasteiger partial charge in [-0.1, -0.05) is 13.8 Å². The largest absolute Gasteiger partial charge is 0.474 e. The van der Waals surface area contributed by atoms with Crippen LogP contribution in [0.1, 0.15) is 78.6 Å². The first-order valence-electron chi connectivity index (χ1n) is 11.9. The molecule has 8 atom stereocenters. The minimum absolute atomic E-state index is 0. The highest BCUT2D eigenvalue weighted by atomic mass is 35.5. The van der Waals surface area contributed by atoms with Crippen LogP contribution in [-0.2, 0) is 14.3 Å². The van der Waals surface area contributed by atoms with Gasteiger partial charge in [0.05, 0.1) is 0 Å². The van der Waals surface area contributed by atoms with E-state index in [1.165, 1.54) is 50.5 Å². The maximum atomic E-state index is 11.5. The molecule has 0 radical (unpaired) electrons. The summed E-state index contributed by atoms with van der Waals surface area (Å²) in [6.07, 6.45) is 13.5. The lowest BCUT2D eigenvalue weighted by atomic mass is 9.44. The second-order valence-corrected chi connectivity index (χ2v) is 11.2. The Morgan fingerprint density at radius 2 is 1.80 bits per heavy atom. The molecule has 0 bridgehead atoms. The molecule has 0 saturated heterocycles. The predicted octanol–water partition coefficient (Wildman–Crippen LogP) is 5.93. The highest BCUT2D eigenvalue weighted by molar-refractivity contribution is 5.88. The lowest BCUT2D eigenvalue weighted by Crippen LogP contribution is -2.54. The molecule has 0 aromatic carbocycles. The number of nitrogens with one attached hydrogen (secondary N) is 1. The van der Waals surface area contributed by atoms with Gasteiger partial charge in [-0.3, -0.25) is 10.2 Å². The molecule has 1 N–H and O–H groups in total. The maximum Gasteiger partial charge on any atom is 0.302 e. The molecule has 168 valence electrons. The Hall–Kier alpha value is -1.03. The summed E-state index contributed by atoms with van der Waals surface area (Å²) in [7, 11) is 0. The van der Waals surface area contributed by atoms with E-state index in [1.54, 1.807) is 6.92 Å². The van der Waals surface area contributed by atoms with Crippen LogP contribution in [0.15, 0.2) is 11.6 Å². The lowest BCUT2D eigenvalue weighted by molar-refractivity contribution is -0.159. The Kier molecular flexibility index (Phi) is 5.79. The van der Waals surface area contributed by atoms with Gasteiger partial charge in [0.25, 0.3) is 0 Å². The Bertz CT molecular complexity index is 751. The van der Waals surface area contributed by atoms with Crippen LogP contribution >= 0.6 is 12.4 Å². The van der Waals surface area contributed by atoms with E-state index < -0.39 is 0 Å². The second-order valence-electron chi connectivity index (χ2n) is 11.2. The monoisotopic (exact) mass is 435 g/mol. The van der Waals surface area contributed by atoms with Crippen molar-refractivity contribution in [2.75, 3.05) is 6.61 Å². The van der Waals surface area contributed by atoms with Crippen molar-refractivity contribution in [2.24, 2.45) is 40.4 Å². The average molecular weight is 436 g/mol. The molecule has 1 aliphatic heterocycles. The van der Waals surface area contributed by atoms with E-state index in [2.05, 4.69) is 13.8 Å². The summed E-state index contributed by atoms with van der Waals surface area (Å²) in [4.78, 5) is 11.5. The molecule has 1 heterocycles. The molecule has 5 rings (SSSR count). The SMILES string of the molecule is CC(=O)OC1CCC2(C)C(CCC3C2CCC2(C)C(C4=CC(=N)OC4)CCC32)C1.Cl. The molecule has 0 aromatic rings. The fourth-order valence-corrected chi connectivity index (χ4v) is 8.78. The Morgan fingerprint density at radius 1 is 1.07 bits per heavy atom. The van der Waals surface area contributed by atoms with Gasteiger partial charge in [0.2, 0.25) is 5.90 Å². The number of halogens is 1. The van der Waals surface area contributed by atoms with Gasteiger partial charge in [0, 0.05) is 13.0 Å². The number of hydrogen-bond acceptors (Lipinski definition) is 4. The fraction of sp³-hybridized carbons (Fsp3) is 0.840. The Balaban J connectivity index is 0.00000218. The van der Waals surface area contributed by atoms with Crippen LogP contribution in [0.4, 0.5) is 0 Å². The molecule has 30 heavy (non-hydrogen) atoms. The quantitative estimate of drug-likeness (QED) is 0.546. The van der Waals surface area contributed by atoms with Gasteiger partial charge in [-0.05, 0) is 104 Å². The maximum absolute atomic E-state index is 11.5. The normalized spacial score (nSPS) is 47.2. The van der Waals surface area contributed by atoms with E-state index in [0.717, 1.165) is 36.5 Å². The van der Waals surface area contributed by atoms with E-state index >= 15 is 0 Å². The van der Waals surface area contributed by atoms with Crippen molar-refractivity contribution in [1.29, 1.82) is 5.41 Å². The van der Waals surface area contributed by atoms with Crippen LogP contribution in [-0.4, -0.2) is 24.6 Å². The summed E-state index contributed by atoms with van der Waals surface area (Å²) in [5.74, 6) is 4.09. The summed E-state index contributed by atoms with van der Waals surface area (Å²) >= 11 is 0. The summed E-state index contributed by atoms with van der Waals surface area (Å²) in [6.45, 7) is 7.33. The van der Waals surface area contributed by atoms with Crippen LogP contribution in [0.5, 0.6) is 0 Å². The van der Waals surface area contributed by atoms with Gasteiger partial charge in [0.15, 0.2) is 0 Å². The van der Waals surface area contributed by atoms with Crippen molar-refractivity contribution in [3.8, 4) is 0 Å². The summed E-state index contributed by atoms with van der Waals surface area (Å²) < 4.78 is 11.1. The van der Waals surface area contributed by atoms with Crippen molar-refractivity contribution in [1.82, 2.24) is 0 Å². The Labute approximate surface area is 187 Å². The van der Waals surface area contributed by atoms with Crippen molar-refractivity contribution < 1.29 is 14.3 Å². The zero-order chi connectivity index (χ0) is 20.4. The van der Waals surface area contributed by atoms with Gasteiger partial charge in [-0.2, -0.15) is 0 Å². The van der Waals surface area contributed by atoms with Crippen molar-refractivity contribution in [2.45, 2.75) is 84.7 Å². The van der Waals surface area contributed by atoms with Crippen molar-refractivity contribution in [3.63, 3.8) is 0 Å². The predicted molar refractivity (Wildman–Crippen MR) is 120 cm³/mol. The van der Waals surface area contributed by atoms with Crippen LogP contribution in [0.2, 0.25) is 0 Å². The first kappa shape index (κ1) is 22.2. The van der Waals surface area contributed by atoms with E-state index in [9.17, 15) is 4.79 Å². The summed E-state index contributed by atoms with van der Waals surface area (Å²) in [5.41, 5.74) is 2.20.